The van der Waals surface area contributed by atoms with E-state index in [0.29, 0.717) is 29.2 Å². The zero-order valence-electron chi connectivity index (χ0n) is 18.7. The lowest BCUT2D eigenvalue weighted by molar-refractivity contribution is 0.305. The number of guanidine groups is 1. The Balaban J connectivity index is 1.67. The van der Waals surface area contributed by atoms with Crippen molar-refractivity contribution in [1.82, 2.24) is 10.3 Å². The molecule has 8 heteroatoms. The third-order valence-electron chi connectivity index (χ3n) is 5.77. The number of hydrogen-bond acceptors (Lipinski definition) is 5. The smallest absolute Gasteiger partial charge is 0.209 e. The molecule has 0 aliphatic heterocycles. The fourth-order valence-electron chi connectivity index (χ4n) is 4.29. The van der Waals surface area contributed by atoms with Crippen LogP contribution < -0.4 is 10.6 Å². The van der Waals surface area contributed by atoms with Gasteiger partial charge in [-0.2, -0.15) is 5.26 Å². The molecule has 0 bridgehead atoms. The standard InChI is InChI=1S/C24H31N5O2S/c1-18(2)14-20-4-3-5-23(15-20)32(30,31)22-8-6-19(7-9-22)16-27-24(28-17-25)29-21-10-12-26-13-11-21/h6-13,18,20,23H,3-5,14-16H2,1-2H3,(H2,26,27,28,29). The van der Waals surface area contributed by atoms with Crippen LogP contribution in [-0.2, 0) is 16.4 Å². The molecule has 0 saturated heterocycles. The summed E-state index contributed by atoms with van der Waals surface area (Å²) in [7, 11) is -3.34. The van der Waals surface area contributed by atoms with Crippen LogP contribution >= 0.6 is 0 Å². The number of aromatic nitrogens is 1. The molecule has 1 aliphatic carbocycles. The van der Waals surface area contributed by atoms with E-state index in [2.05, 4.69) is 34.5 Å². The number of benzene rings is 1. The van der Waals surface area contributed by atoms with Crippen LogP contribution in [0.2, 0.25) is 0 Å². The largest absolute Gasteiger partial charge is 0.325 e. The van der Waals surface area contributed by atoms with E-state index >= 15 is 0 Å². The number of aliphatic imine (C=N–C) groups is 1. The number of sulfone groups is 1. The minimum absolute atomic E-state index is 0.292. The van der Waals surface area contributed by atoms with Gasteiger partial charge in [0, 0.05) is 18.1 Å². The van der Waals surface area contributed by atoms with Crippen LogP contribution in [0.15, 0.2) is 58.7 Å². The van der Waals surface area contributed by atoms with Gasteiger partial charge < -0.3 is 5.32 Å². The number of anilines is 1. The second-order valence-corrected chi connectivity index (χ2v) is 11.0. The van der Waals surface area contributed by atoms with Crippen LogP contribution in [0, 0.1) is 23.3 Å². The van der Waals surface area contributed by atoms with E-state index in [0.717, 1.165) is 43.4 Å². The molecule has 0 amide bonds. The van der Waals surface area contributed by atoms with E-state index < -0.39 is 9.84 Å². The first-order valence-corrected chi connectivity index (χ1v) is 12.6. The Morgan fingerprint density at radius 3 is 2.56 bits per heavy atom. The fourth-order valence-corrected chi connectivity index (χ4v) is 6.19. The summed E-state index contributed by atoms with van der Waals surface area (Å²) in [5.74, 6) is 1.40. The number of hydrogen-bond donors (Lipinski definition) is 2. The number of nitrogens with zero attached hydrogens (tertiary/aromatic N) is 3. The van der Waals surface area contributed by atoms with Crippen molar-refractivity contribution < 1.29 is 8.42 Å². The molecule has 1 aliphatic rings. The highest BCUT2D eigenvalue weighted by molar-refractivity contribution is 7.92. The van der Waals surface area contributed by atoms with Crippen molar-refractivity contribution >= 4 is 21.5 Å². The third-order valence-corrected chi connectivity index (χ3v) is 8.00. The van der Waals surface area contributed by atoms with Crippen molar-refractivity contribution in [1.29, 1.82) is 5.26 Å². The van der Waals surface area contributed by atoms with Crippen molar-refractivity contribution in [3.05, 3.63) is 54.4 Å². The molecule has 7 nitrogen and oxygen atoms in total. The van der Waals surface area contributed by atoms with Crippen molar-refractivity contribution in [2.45, 2.75) is 62.6 Å². The number of nitriles is 1. The summed E-state index contributed by atoms with van der Waals surface area (Å²) in [6, 6.07) is 10.5. The average molecular weight is 454 g/mol. The molecule has 0 radical (unpaired) electrons. The molecule has 32 heavy (non-hydrogen) atoms. The van der Waals surface area contributed by atoms with Gasteiger partial charge in [-0.3, -0.25) is 10.3 Å². The molecule has 1 heterocycles. The Hall–Kier alpha value is -2.92. The number of pyridine rings is 1. The average Bonchev–Trinajstić information content (AvgIpc) is 2.78. The van der Waals surface area contributed by atoms with Crippen LogP contribution in [0.5, 0.6) is 0 Å². The zero-order valence-corrected chi connectivity index (χ0v) is 19.5. The summed E-state index contributed by atoms with van der Waals surface area (Å²) in [6.45, 7) is 4.70. The van der Waals surface area contributed by atoms with E-state index in [9.17, 15) is 8.42 Å². The van der Waals surface area contributed by atoms with E-state index in [1.807, 2.05) is 6.19 Å². The summed E-state index contributed by atoms with van der Waals surface area (Å²) in [6.07, 6.45) is 9.86. The first kappa shape index (κ1) is 23.7. The number of nitrogens with one attached hydrogen (secondary N) is 2. The fraction of sp³-hybridized carbons (Fsp3) is 0.458. The highest BCUT2D eigenvalue weighted by Crippen LogP contribution is 2.35. The van der Waals surface area contributed by atoms with Gasteiger partial charge >= 0.3 is 0 Å². The van der Waals surface area contributed by atoms with Crippen LogP contribution in [0.3, 0.4) is 0 Å². The molecular formula is C24H31N5O2S. The maximum absolute atomic E-state index is 13.2. The molecule has 0 spiro atoms. The van der Waals surface area contributed by atoms with Gasteiger partial charge in [0.1, 0.15) is 0 Å². The van der Waals surface area contributed by atoms with Gasteiger partial charge in [0.15, 0.2) is 16.0 Å². The molecule has 1 saturated carbocycles. The van der Waals surface area contributed by atoms with Crippen LogP contribution in [0.4, 0.5) is 5.69 Å². The molecular weight excluding hydrogens is 422 g/mol. The molecule has 1 aromatic heterocycles. The van der Waals surface area contributed by atoms with Crippen molar-refractivity contribution in [3.8, 4) is 6.19 Å². The zero-order chi connectivity index (χ0) is 23.0. The Morgan fingerprint density at radius 1 is 1.19 bits per heavy atom. The van der Waals surface area contributed by atoms with Crippen molar-refractivity contribution in [3.63, 3.8) is 0 Å². The van der Waals surface area contributed by atoms with Crippen LogP contribution in [-0.4, -0.2) is 24.6 Å². The van der Waals surface area contributed by atoms with Gasteiger partial charge in [0.25, 0.3) is 0 Å². The summed E-state index contributed by atoms with van der Waals surface area (Å²) in [5, 5.41) is 14.2. The lowest BCUT2D eigenvalue weighted by Gasteiger charge is -2.30. The first-order chi connectivity index (χ1) is 15.4. The van der Waals surface area contributed by atoms with Gasteiger partial charge in [-0.05, 0) is 60.9 Å². The SMILES string of the molecule is CC(C)CC1CCCC(S(=O)(=O)c2ccc(CN=C(NC#N)Nc3ccncc3)cc2)C1. The van der Waals surface area contributed by atoms with E-state index in [-0.39, 0.29) is 5.25 Å². The van der Waals surface area contributed by atoms with Gasteiger partial charge in [-0.15, -0.1) is 0 Å². The minimum Gasteiger partial charge on any atom is -0.325 e. The molecule has 2 N–H and O–H groups in total. The second kappa shape index (κ2) is 11.1. The first-order valence-electron chi connectivity index (χ1n) is 11.1. The summed E-state index contributed by atoms with van der Waals surface area (Å²) in [4.78, 5) is 8.74. The molecule has 2 unspecified atom stereocenters. The molecule has 3 rings (SSSR count). The predicted octanol–water partition coefficient (Wildman–Crippen LogP) is 4.50. The Labute approximate surface area is 190 Å². The van der Waals surface area contributed by atoms with E-state index in [4.69, 9.17) is 5.26 Å². The molecule has 170 valence electrons. The van der Waals surface area contributed by atoms with Crippen molar-refractivity contribution in [2.75, 3.05) is 5.32 Å². The predicted molar refractivity (Wildman–Crippen MR) is 127 cm³/mol. The summed E-state index contributed by atoms with van der Waals surface area (Å²) >= 11 is 0. The van der Waals surface area contributed by atoms with Crippen LogP contribution in [0.25, 0.3) is 0 Å². The highest BCUT2D eigenvalue weighted by Gasteiger charge is 2.33. The molecule has 2 atom stereocenters. The van der Waals surface area contributed by atoms with Gasteiger partial charge in [-0.1, -0.05) is 38.8 Å². The van der Waals surface area contributed by atoms with Gasteiger partial charge in [0.05, 0.1) is 16.7 Å². The maximum atomic E-state index is 13.2. The Kier molecular flexibility index (Phi) is 8.23. The van der Waals surface area contributed by atoms with Crippen LogP contribution in [0.1, 0.15) is 51.5 Å². The Morgan fingerprint density at radius 2 is 1.91 bits per heavy atom. The second-order valence-electron chi connectivity index (χ2n) is 8.74. The maximum Gasteiger partial charge on any atom is 0.209 e. The van der Waals surface area contributed by atoms with E-state index in [1.54, 1.807) is 48.8 Å². The normalized spacial score (nSPS) is 19.4. The monoisotopic (exact) mass is 453 g/mol. The Bertz CT molecular complexity index is 1040. The topological polar surface area (TPSA) is 107 Å². The molecule has 1 aromatic carbocycles. The third kappa shape index (κ3) is 6.54. The van der Waals surface area contributed by atoms with Crippen molar-refractivity contribution in [2.24, 2.45) is 16.8 Å². The minimum atomic E-state index is -3.34. The summed E-state index contributed by atoms with van der Waals surface area (Å²) in [5.41, 5.74) is 1.62. The molecule has 2 aromatic rings. The summed E-state index contributed by atoms with van der Waals surface area (Å²) < 4.78 is 26.4. The van der Waals surface area contributed by atoms with Gasteiger partial charge in [-0.25, -0.2) is 13.4 Å². The number of rotatable bonds is 7. The molecule has 1 fully saturated rings. The lowest BCUT2D eigenvalue weighted by atomic mass is 9.83. The lowest BCUT2D eigenvalue weighted by Crippen LogP contribution is -2.29. The van der Waals surface area contributed by atoms with Gasteiger partial charge in [0.2, 0.25) is 5.96 Å². The highest BCUT2D eigenvalue weighted by atomic mass is 32.2. The van der Waals surface area contributed by atoms with E-state index in [1.165, 1.54) is 0 Å². The quantitative estimate of drug-likeness (QED) is 0.277.